The largest absolute Gasteiger partial charge is 0.467 e. The van der Waals surface area contributed by atoms with Crippen LogP contribution in [0.15, 0.2) is 18.6 Å². The molecule has 1 unspecified atom stereocenters. The number of fused-ring (bicyclic) bond motifs is 2. The molecule has 4 heterocycles. The van der Waals surface area contributed by atoms with E-state index < -0.39 is 17.8 Å². The van der Waals surface area contributed by atoms with Gasteiger partial charge in [-0.3, -0.25) is 13.6 Å². The van der Waals surface area contributed by atoms with E-state index in [1.165, 1.54) is 18.1 Å². The van der Waals surface area contributed by atoms with Crippen molar-refractivity contribution in [2.75, 3.05) is 7.11 Å². The number of hydrogen-bond donors (Lipinski definition) is 0. The van der Waals surface area contributed by atoms with Crippen LogP contribution < -0.4 is 11.5 Å². The smallest absolute Gasteiger partial charge is 0.442 e. The number of esters is 1. The second kappa shape index (κ2) is 8.15. The van der Waals surface area contributed by atoms with Crippen LogP contribution >= 0.6 is 0 Å². The minimum atomic E-state index is -0.581. The third-order valence-corrected chi connectivity index (χ3v) is 4.66. The molecule has 0 fully saturated rings. The summed E-state index contributed by atoms with van der Waals surface area (Å²) >= 11 is 0. The standard InChI is InChI=1S/C9H12N2O4.C7H10N2O2/c1-14-8(12)6-4-2-3-5-7-10-15-9(13)11(6)7;10-7-9-5-3-1-2-4-6(9)8-11-7/h6H,2-5H2,1H3;1-5H2. The number of ether oxygens (including phenoxy) is 1. The fourth-order valence-corrected chi connectivity index (χ4v) is 3.29. The first-order valence-corrected chi connectivity index (χ1v) is 8.82. The summed E-state index contributed by atoms with van der Waals surface area (Å²) in [5.74, 6) is 0.0491. The highest BCUT2D eigenvalue weighted by Crippen LogP contribution is 2.22. The molecular weight excluding hydrogens is 344 g/mol. The molecule has 0 saturated carbocycles. The highest BCUT2D eigenvalue weighted by atomic mass is 16.5. The summed E-state index contributed by atoms with van der Waals surface area (Å²) in [7, 11) is 1.31. The fourth-order valence-electron chi connectivity index (χ4n) is 3.29. The monoisotopic (exact) mass is 366 g/mol. The summed E-state index contributed by atoms with van der Waals surface area (Å²) in [5, 5.41) is 7.34. The lowest BCUT2D eigenvalue weighted by molar-refractivity contribution is -0.145. The van der Waals surface area contributed by atoms with Gasteiger partial charge in [-0.1, -0.05) is 23.2 Å². The van der Waals surface area contributed by atoms with Crippen LogP contribution in [0.4, 0.5) is 0 Å². The molecule has 1 atom stereocenters. The Morgan fingerprint density at radius 2 is 1.69 bits per heavy atom. The molecule has 4 rings (SSSR count). The van der Waals surface area contributed by atoms with Gasteiger partial charge in [0.05, 0.1) is 7.11 Å². The highest BCUT2D eigenvalue weighted by molar-refractivity contribution is 5.74. The molecule has 0 aromatic carbocycles. The molecule has 0 radical (unpaired) electrons. The first kappa shape index (κ1) is 18.2. The van der Waals surface area contributed by atoms with E-state index in [1.807, 2.05) is 0 Å². The highest BCUT2D eigenvalue weighted by Gasteiger charge is 2.29. The van der Waals surface area contributed by atoms with Crippen molar-refractivity contribution in [3.8, 4) is 0 Å². The van der Waals surface area contributed by atoms with E-state index in [-0.39, 0.29) is 5.76 Å². The first-order valence-electron chi connectivity index (χ1n) is 8.82. The van der Waals surface area contributed by atoms with Gasteiger partial charge in [-0.15, -0.1) is 0 Å². The van der Waals surface area contributed by atoms with Gasteiger partial charge < -0.3 is 4.74 Å². The topological polar surface area (TPSA) is 122 Å². The van der Waals surface area contributed by atoms with Crippen LogP contribution in [0.3, 0.4) is 0 Å². The molecule has 0 aliphatic carbocycles. The zero-order chi connectivity index (χ0) is 18.5. The first-order chi connectivity index (χ1) is 12.6. The average molecular weight is 366 g/mol. The van der Waals surface area contributed by atoms with Gasteiger partial charge in [-0.25, -0.2) is 19.0 Å². The van der Waals surface area contributed by atoms with Gasteiger partial charge in [0.2, 0.25) is 0 Å². The quantitative estimate of drug-likeness (QED) is 0.680. The Bertz CT molecular complexity index is 861. The lowest BCUT2D eigenvalue weighted by atomic mass is 10.1. The van der Waals surface area contributed by atoms with Crippen molar-refractivity contribution in [1.82, 2.24) is 19.4 Å². The predicted molar refractivity (Wildman–Crippen MR) is 87.7 cm³/mol. The van der Waals surface area contributed by atoms with Gasteiger partial charge in [0.1, 0.15) is 6.04 Å². The summed E-state index contributed by atoms with van der Waals surface area (Å²) in [6.45, 7) is 0.775. The molecule has 2 aromatic rings. The minimum Gasteiger partial charge on any atom is -0.467 e. The molecule has 142 valence electrons. The molecule has 2 aliphatic rings. The summed E-state index contributed by atoms with van der Waals surface area (Å²) < 4.78 is 16.7. The van der Waals surface area contributed by atoms with E-state index >= 15 is 0 Å². The second-order valence-corrected chi connectivity index (χ2v) is 6.35. The van der Waals surface area contributed by atoms with Gasteiger partial charge >= 0.3 is 17.5 Å². The molecule has 2 aromatic heterocycles. The Morgan fingerprint density at radius 1 is 1.00 bits per heavy atom. The van der Waals surface area contributed by atoms with E-state index in [2.05, 4.69) is 24.1 Å². The lowest BCUT2D eigenvalue weighted by Gasteiger charge is -2.12. The Labute approximate surface area is 148 Å². The number of carbonyl (C=O) groups is 1. The summed E-state index contributed by atoms with van der Waals surface area (Å²) in [4.78, 5) is 33.8. The van der Waals surface area contributed by atoms with E-state index in [0.29, 0.717) is 18.7 Å². The molecule has 0 N–H and O–H groups in total. The maximum Gasteiger partial charge on any atom is 0.442 e. The molecule has 10 nitrogen and oxygen atoms in total. The third kappa shape index (κ3) is 3.78. The number of hydrogen-bond acceptors (Lipinski definition) is 8. The third-order valence-electron chi connectivity index (χ3n) is 4.66. The zero-order valence-corrected chi connectivity index (χ0v) is 14.7. The van der Waals surface area contributed by atoms with Crippen molar-refractivity contribution >= 4 is 5.97 Å². The van der Waals surface area contributed by atoms with Crippen molar-refractivity contribution in [3.63, 3.8) is 0 Å². The molecule has 10 heteroatoms. The second-order valence-electron chi connectivity index (χ2n) is 6.35. The van der Waals surface area contributed by atoms with E-state index in [9.17, 15) is 14.4 Å². The van der Waals surface area contributed by atoms with Gasteiger partial charge in [0.15, 0.2) is 11.6 Å². The van der Waals surface area contributed by atoms with Crippen LogP contribution in [-0.4, -0.2) is 32.5 Å². The maximum absolute atomic E-state index is 11.5. The molecule has 0 spiro atoms. The number of carbonyl (C=O) groups excluding carboxylic acids is 1. The van der Waals surface area contributed by atoms with Crippen molar-refractivity contribution in [2.45, 2.75) is 64.0 Å². The zero-order valence-electron chi connectivity index (χ0n) is 14.7. The van der Waals surface area contributed by atoms with Crippen LogP contribution in [0.25, 0.3) is 0 Å². The molecule has 0 saturated heterocycles. The average Bonchev–Trinajstić information content (AvgIpc) is 3.00. The number of aromatic nitrogens is 4. The predicted octanol–water partition coefficient (Wildman–Crippen LogP) is 0.839. The van der Waals surface area contributed by atoms with Crippen LogP contribution in [0.5, 0.6) is 0 Å². The van der Waals surface area contributed by atoms with E-state index in [0.717, 1.165) is 44.5 Å². The van der Waals surface area contributed by atoms with Gasteiger partial charge in [-0.2, -0.15) is 0 Å². The van der Waals surface area contributed by atoms with Gasteiger partial charge in [-0.05, 0) is 25.7 Å². The van der Waals surface area contributed by atoms with Crippen molar-refractivity contribution in [3.05, 3.63) is 32.8 Å². The maximum atomic E-state index is 11.5. The number of methoxy groups -OCH3 is 1. The Morgan fingerprint density at radius 3 is 2.50 bits per heavy atom. The van der Waals surface area contributed by atoms with Crippen LogP contribution in [0.2, 0.25) is 0 Å². The fraction of sp³-hybridized carbons (Fsp3) is 0.688. The Balaban J connectivity index is 0.000000158. The lowest BCUT2D eigenvalue weighted by Crippen LogP contribution is -2.28. The Kier molecular flexibility index (Phi) is 5.69. The molecule has 26 heavy (non-hydrogen) atoms. The van der Waals surface area contributed by atoms with Gasteiger partial charge in [0, 0.05) is 19.4 Å². The van der Waals surface area contributed by atoms with Crippen molar-refractivity contribution in [2.24, 2.45) is 0 Å². The van der Waals surface area contributed by atoms with Gasteiger partial charge in [0.25, 0.3) is 0 Å². The van der Waals surface area contributed by atoms with Crippen LogP contribution in [0.1, 0.15) is 56.2 Å². The number of rotatable bonds is 1. The van der Waals surface area contributed by atoms with Crippen LogP contribution in [0, 0.1) is 0 Å². The van der Waals surface area contributed by atoms with Crippen molar-refractivity contribution in [1.29, 1.82) is 0 Å². The molecule has 0 bridgehead atoms. The minimum absolute atomic E-state index is 0.304. The molecule has 2 aliphatic heterocycles. The molecule has 0 amide bonds. The van der Waals surface area contributed by atoms with Crippen LogP contribution in [-0.2, 0) is 28.9 Å². The SMILES string of the molecule is COC(=O)C1CCCCc2noc(=O)n21.O=c1onc2n1CCCCC2. The van der Waals surface area contributed by atoms with Crippen molar-refractivity contribution < 1.29 is 18.6 Å². The number of aryl methyl sites for hydroxylation is 2. The van der Waals surface area contributed by atoms with E-state index in [4.69, 9.17) is 0 Å². The summed E-state index contributed by atoms with van der Waals surface area (Å²) in [5.41, 5.74) is 0. The summed E-state index contributed by atoms with van der Waals surface area (Å²) in [6.07, 6.45) is 7.29. The van der Waals surface area contributed by atoms with E-state index in [1.54, 1.807) is 4.57 Å². The normalized spacial score (nSPS) is 19.2. The molecular formula is C16H22N4O6. The summed E-state index contributed by atoms with van der Waals surface area (Å²) in [6, 6.07) is -0.578. The number of nitrogens with zero attached hydrogens (tertiary/aromatic N) is 4. The Hall–Kier alpha value is -2.65.